The van der Waals surface area contributed by atoms with Gasteiger partial charge in [0.05, 0.1) is 5.71 Å². The summed E-state index contributed by atoms with van der Waals surface area (Å²) < 4.78 is 11.6. The Kier molecular flexibility index (Phi) is 5.59. The van der Waals surface area contributed by atoms with E-state index in [1.165, 1.54) is 24.3 Å². The van der Waals surface area contributed by atoms with Gasteiger partial charge in [-0.05, 0) is 55.5 Å². The van der Waals surface area contributed by atoms with Gasteiger partial charge in [0.25, 0.3) is 5.91 Å². The molecule has 1 aromatic heterocycles. The van der Waals surface area contributed by atoms with Crippen molar-refractivity contribution in [1.82, 2.24) is 5.43 Å². The van der Waals surface area contributed by atoms with E-state index in [0.717, 1.165) is 22.8 Å². The lowest BCUT2D eigenvalue weighted by Crippen LogP contribution is -2.22. The van der Waals surface area contributed by atoms with Gasteiger partial charge in [-0.3, -0.25) is 4.79 Å². The number of aromatic hydroxyl groups is 1. The first-order valence-electron chi connectivity index (χ1n) is 11.0. The van der Waals surface area contributed by atoms with E-state index in [1.54, 1.807) is 13.0 Å². The standard InChI is InChI=1S/C27H22N2O5/c1-16-24-21(28-29-26(31)18-12-14-19(30)15-13-18)9-5-11-23(24)33-25(16)27(32)34-22-10-4-7-17-6-2-3-8-20(17)22/h2-4,6-8,10,12-15,30H,5,9,11H2,1H3,(H,29,31)/b28-21+. The molecule has 0 radical (unpaired) electrons. The maximum atomic E-state index is 13.0. The van der Waals surface area contributed by atoms with Crippen LogP contribution >= 0.6 is 0 Å². The number of nitrogens with one attached hydrogen (secondary N) is 1. The van der Waals surface area contributed by atoms with Gasteiger partial charge in [-0.15, -0.1) is 0 Å². The Morgan fingerprint density at radius 1 is 1.00 bits per heavy atom. The van der Waals surface area contributed by atoms with Crippen LogP contribution in [0.5, 0.6) is 11.5 Å². The van der Waals surface area contributed by atoms with E-state index < -0.39 is 11.9 Å². The highest BCUT2D eigenvalue weighted by Gasteiger charge is 2.29. The molecule has 0 saturated carbocycles. The van der Waals surface area contributed by atoms with Crippen LogP contribution < -0.4 is 10.2 Å². The molecule has 34 heavy (non-hydrogen) atoms. The van der Waals surface area contributed by atoms with Gasteiger partial charge in [-0.25, -0.2) is 10.2 Å². The maximum absolute atomic E-state index is 13.0. The predicted octanol–water partition coefficient (Wildman–Crippen LogP) is 5.14. The third-order valence-electron chi connectivity index (χ3n) is 5.89. The summed E-state index contributed by atoms with van der Waals surface area (Å²) in [4.78, 5) is 25.5. The van der Waals surface area contributed by atoms with E-state index in [4.69, 9.17) is 9.15 Å². The van der Waals surface area contributed by atoms with E-state index in [2.05, 4.69) is 10.5 Å². The summed E-state index contributed by atoms with van der Waals surface area (Å²) in [5.74, 6) is 0.374. The Morgan fingerprint density at radius 2 is 1.76 bits per heavy atom. The highest BCUT2D eigenvalue weighted by atomic mass is 16.5. The number of ether oxygens (including phenoxy) is 1. The summed E-state index contributed by atoms with van der Waals surface area (Å²) in [6, 6.07) is 19.1. The van der Waals surface area contributed by atoms with Gasteiger partial charge in [-0.2, -0.15) is 5.10 Å². The number of nitrogens with zero attached hydrogens (tertiary/aromatic N) is 1. The van der Waals surface area contributed by atoms with Crippen LogP contribution in [-0.4, -0.2) is 22.7 Å². The molecular weight excluding hydrogens is 432 g/mol. The van der Waals surface area contributed by atoms with Crippen molar-refractivity contribution >= 4 is 28.4 Å². The topological polar surface area (TPSA) is 101 Å². The van der Waals surface area contributed by atoms with Crippen molar-refractivity contribution in [3.8, 4) is 11.5 Å². The molecule has 0 spiro atoms. The average molecular weight is 454 g/mol. The molecule has 1 aliphatic carbocycles. The minimum Gasteiger partial charge on any atom is -0.508 e. The van der Waals surface area contributed by atoms with Crippen molar-refractivity contribution in [2.75, 3.05) is 0 Å². The predicted molar refractivity (Wildman–Crippen MR) is 127 cm³/mol. The van der Waals surface area contributed by atoms with Gasteiger partial charge in [-0.1, -0.05) is 36.4 Å². The lowest BCUT2D eigenvalue weighted by atomic mass is 9.93. The fourth-order valence-corrected chi connectivity index (χ4v) is 4.20. The first-order valence-corrected chi connectivity index (χ1v) is 11.0. The van der Waals surface area contributed by atoms with Crippen molar-refractivity contribution in [1.29, 1.82) is 0 Å². The number of hydrogen-bond acceptors (Lipinski definition) is 6. The number of rotatable bonds is 4. The molecule has 0 fully saturated rings. The molecule has 0 aliphatic heterocycles. The number of benzene rings is 3. The zero-order chi connectivity index (χ0) is 23.7. The van der Waals surface area contributed by atoms with Crippen LogP contribution in [0.1, 0.15) is 50.6 Å². The van der Waals surface area contributed by atoms with E-state index in [1.807, 2.05) is 36.4 Å². The third kappa shape index (κ3) is 4.03. The van der Waals surface area contributed by atoms with E-state index >= 15 is 0 Å². The molecule has 1 amide bonds. The molecule has 0 unspecified atom stereocenters. The molecule has 7 heteroatoms. The molecule has 0 bridgehead atoms. The van der Waals surface area contributed by atoms with Gasteiger partial charge in [0.2, 0.25) is 5.76 Å². The first-order chi connectivity index (χ1) is 16.5. The Balaban J connectivity index is 1.40. The van der Waals surface area contributed by atoms with Gasteiger partial charge >= 0.3 is 5.97 Å². The molecule has 0 atom stereocenters. The summed E-state index contributed by atoms with van der Waals surface area (Å²) in [6.07, 6.45) is 2.09. The normalized spacial score (nSPS) is 14.1. The van der Waals surface area contributed by atoms with Gasteiger partial charge in [0.15, 0.2) is 0 Å². The number of carbonyl (C=O) groups excluding carboxylic acids is 2. The molecule has 3 aromatic carbocycles. The second kappa shape index (κ2) is 8.86. The van der Waals surface area contributed by atoms with Gasteiger partial charge in [0.1, 0.15) is 17.3 Å². The highest BCUT2D eigenvalue weighted by Crippen LogP contribution is 2.32. The van der Waals surface area contributed by atoms with Crippen LogP contribution in [0.15, 0.2) is 76.2 Å². The van der Waals surface area contributed by atoms with Crippen molar-refractivity contribution in [3.05, 3.63) is 94.9 Å². The Morgan fingerprint density at radius 3 is 2.59 bits per heavy atom. The SMILES string of the molecule is Cc1c(C(=O)Oc2cccc3ccccc23)oc2c1/C(=N/NC(=O)c1ccc(O)cc1)CCC2. The molecule has 1 aliphatic rings. The summed E-state index contributed by atoms with van der Waals surface area (Å²) in [5.41, 5.74) is 4.97. The summed E-state index contributed by atoms with van der Waals surface area (Å²) in [5, 5.41) is 15.5. The molecule has 4 aromatic rings. The Hall–Kier alpha value is -4.39. The largest absolute Gasteiger partial charge is 0.508 e. The van der Waals surface area contributed by atoms with Gasteiger partial charge < -0.3 is 14.3 Å². The smallest absolute Gasteiger partial charge is 0.379 e. The van der Waals surface area contributed by atoms with E-state index in [9.17, 15) is 14.7 Å². The van der Waals surface area contributed by atoms with Crippen LogP contribution in [0.4, 0.5) is 0 Å². The Bertz CT molecular complexity index is 1430. The zero-order valence-corrected chi connectivity index (χ0v) is 18.5. The molecule has 5 rings (SSSR count). The highest BCUT2D eigenvalue weighted by molar-refractivity contribution is 6.07. The summed E-state index contributed by atoms with van der Waals surface area (Å²) in [7, 11) is 0. The number of fused-ring (bicyclic) bond motifs is 2. The van der Waals surface area contributed by atoms with Crippen molar-refractivity contribution in [2.24, 2.45) is 5.10 Å². The number of amides is 1. The second-order valence-corrected chi connectivity index (χ2v) is 8.12. The number of furan rings is 1. The number of carbonyl (C=O) groups is 2. The minimum absolute atomic E-state index is 0.0803. The van der Waals surface area contributed by atoms with Crippen LogP contribution in [0.25, 0.3) is 10.8 Å². The van der Waals surface area contributed by atoms with Crippen LogP contribution in [0.3, 0.4) is 0 Å². The first kappa shape index (κ1) is 21.5. The monoisotopic (exact) mass is 454 g/mol. The molecule has 2 N–H and O–H groups in total. The third-order valence-corrected chi connectivity index (χ3v) is 5.89. The zero-order valence-electron chi connectivity index (χ0n) is 18.5. The number of phenolic OH excluding ortho intramolecular Hbond substituents is 1. The fraction of sp³-hybridized carbons (Fsp3) is 0.148. The molecule has 7 nitrogen and oxygen atoms in total. The number of hydrogen-bond donors (Lipinski definition) is 2. The van der Waals surface area contributed by atoms with Crippen LogP contribution in [0.2, 0.25) is 0 Å². The quantitative estimate of drug-likeness (QED) is 0.253. The Labute approximate surface area is 195 Å². The van der Waals surface area contributed by atoms with E-state index in [0.29, 0.717) is 41.2 Å². The number of aryl methyl sites for hydroxylation is 1. The van der Waals surface area contributed by atoms with Crippen molar-refractivity contribution in [2.45, 2.75) is 26.2 Å². The minimum atomic E-state index is -0.573. The van der Waals surface area contributed by atoms with Crippen molar-refractivity contribution < 1.29 is 23.8 Å². The molecule has 0 saturated heterocycles. The van der Waals surface area contributed by atoms with E-state index in [-0.39, 0.29) is 11.5 Å². The average Bonchev–Trinajstić information content (AvgIpc) is 3.20. The van der Waals surface area contributed by atoms with Crippen LogP contribution in [-0.2, 0) is 6.42 Å². The molecule has 1 heterocycles. The number of esters is 1. The summed E-state index contributed by atoms with van der Waals surface area (Å²) in [6.45, 7) is 1.80. The number of hydrazone groups is 1. The molecule has 170 valence electrons. The lowest BCUT2D eigenvalue weighted by molar-refractivity contribution is 0.0700. The second-order valence-electron chi connectivity index (χ2n) is 8.12. The molecular formula is C27H22N2O5. The van der Waals surface area contributed by atoms with Crippen LogP contribution in [0, 0.1) is 6.92 Å². The number of phenols is 1. The lowest BCUT2D eigenvalue weighted by Gasteiger charge is -2.13. The fourth-order valence-electron chi connectivity index (χ4n) is 4.20. The maximum Gasteiger partial charge on any atom is 0.379 e. The van der Waals surface area contributed by atoms with Crippen molar-refractivity contribution in [3.63, 3.8) is 0 Å². The van der Waals surface area contributed by atoms with Gasteiger partial charge in [0, 0.05) is 28.5 Å². The summed E-state index contributed by atoms with van der Waals surface area (Å²) >= 11 is 0.